The van der Waals surface area contributed by atoms with Crippen LogP contribution in [0.15, 0.2) is 48.7 Å². The molecule has 6 heteroatoms. The van der Waals surface area contributed by atoms with E-state index in [2.05, 4.69) is 32.0 Å². The van der Waals surface area contributed by atoms with Crippen molar-refractivity contribution in [3.63, 3.8) is 0 Å². The van der Waals surface area contributed by atoms with Crippen LogP contribution in [0, 0.1) is 0 Å². The zero-order valence-corrected chi connectivity index (χ0v) is 13.9. The number of ether oxygens (including phenoxy) is 1. The Morgan fingerprint density at radius 1 is 1.00 bits per heavy atom. The molecule has 24 heavy (non-hydrogen) atoms. The number of hydrogen-bond acceptors (Lipinski definition) is 5. The molecule has 4 rings (SSSR count). The van der Waals surface area contributed by atoms with Crippen molar-refractivity contribution in [2.75, 3.05) is 12.0 Å². The highest BCUT2D eigenvalue weighted by Gasteiger charge is 2.22. The molecule has 0 N–H and O–H groups in total. The molecule has 0 fully saturated rings. The Morgan fingerprint density at radius 3 is 2.67 bits per heavy atom. The lowest BCUT2D eigenvalue weighted by Crippen LogP contribution is -2.17. The number of halogens is 1. The van der Waals surface area contributed by atoms with Gasteiger partial charge in [-0.1, -0.05) is 23.7 Å². The monoisotopic (exact) mass is 338 g/mol. The van der Waals surface area contributed by atoms with E-state index in [-0.39, 0.29) is 0 Å². The van der Waals surface area contributed by atoms with E-state index in [4.69, 9.17) is 16.3 Å². The zero-order valence-electron chi connectivity index (χ0n) is 13.1. The van der Waals surface area contributed by atoms with Gasteiger partial charge >= 0.3 is 0 Å². The number of fused-ring (bicyclic) bond motifs is 1. The van der Waals surface area contributed by atoms with Crippen LogP contribution in [-0.4, -0.2) is 22.1 Å². The average molecular weight is 339 g/mol. The minimum Gasteiger partial charge on any atom is -0.497 e. The molecule has 3 heterocycles. The number of anilines is 1. The lowest BCUT2D eigenvalue weighted by Gasteiger charge is -2.15. The first-order valence-electron chi connectivity index (χ1n) is 7.59. The van der Waals surface area contributed by atoms with E-state index in [0.717, 1.165) is 30.2 Å². The number of hydrogen-bond donors (Lipinski definition) is 0. The average Bonchev–Trinajstić information content (AvgIpc) is 3.05. The van der Waals surface area contributed by atoms with E-state index in [1.165, 1.54) is 11.1 Å². The highest BCUT2D eigenvalue weighted by molar-refractivity contribution is 6.29. The van der Waals surface area contributed by atoms with Crippen molar-refractivity contribution >= 4 is 17.5 Å². The summed E-state index contributed by atoms with van der Waals surface area (Å²) in [6.45, 7) is 1.55. The number of methoxy groups -OCH3 is 1. The molecule has 2 aromatic heterocycles. The molecule has 1 aliphatic rings. The number of benzene rings is 1. The van der Waals surface area contributed by atoms with Crippen LogP contribution in [0.5, 0.6) is 5.75 Å². The van der Waals surface area contributed by atoms with E-state index in [0.29, 0.717) is 11.1 Å². The number of pyridine rings is 1. The summed E-state index contributed by atoms with van der Waals surface area (Å²) in [5.41, 5.74) is 4.01. The Labute approximate surface area is 144 Å². The standard InChI is InChI=1S/C18H15ClN4O/c1-24-14-6-5-12-10-23(11-13(12)9-14)18-20-8-7-16(22-18)15-3-2-4-17(19)21-15/h2-9H,10-11H2,1H3. The van der Waals surface area contributed by atoms with Gasteiger partial charge in [-0.05, 0) is 41.5 Å². The highest BCUT2D eigenvalue weighted by Crippen LogP contribution is 2.29. The van der Waals surface area contributed by atoms with Crippen LogP contribution in [0.4, 0.5) is 5.95 Å². The Balaban J connectivity index is 1.63. The predicted octanol–water partition coefficient (Wildman–Crippen LogP) is 3.72. The summed E-state index contributed by atoms with van der Waals surface area (Å²) in [6, 6.07) is 13.5. The molecule has 1 aliphatic heterocycles. The number of nitrogens with zero attached hydrogens (tertiary/aromatic N) is 4. The molecule has 1 aromatic carbocycles. The number of aromatic nitrogens is 3. The van der Waals surface area contributed by atoms with Crippen molar-refractivity contribution in [3.05, 3.63) is 64.9 Å². The van der Waals surface area contributed by atoms with Crippen molar-refractivity contribution in [2.45, 2.75) is 13.1 Å². The molecule has 120 valence electrons. The smallest absolute Gasteiger partial charge is 0.226 e. The fourth-order valence-electron chi connectivity index (χ4n) is 2.83. The SMILES string of the molecule is COc1ccc2c(c1)CN(c1nccc(-c3cccc(Cl)n3)n1)C2. The summed E-state index contributed by atoms with van der Waals surface area (Å²) in [5, 5.41) is 0.452. The molecule has 0 atom stereocenters. The minimum absolute atomic E-state index is 0.452. The molecule has 0 amide bonds. The van der Waals surface area contributed by atoms with Crippen molar-refractivity contribution in [2.24, 2.45) is 0 Å². The fourth-order valence-corrected chi connectivity index (χ4v) is 3.00. The third-order valence-corrected chi connectivity index (χ3v) is 4.25. The van der Waals surface area contributed by atoms with Gasteiger partial charge in [0.05, 0.1) is 18.5 Å². The molecular formula is C18H15ClN4O. The molecule has 0 spiro atoms. The maximum atomic E-state index is 5.97. The van der Waals surface area contributed by atoms with E-state index in [1.807, 2.05) is 24.3 Å². The second kappa shape index (κ2) is 6.09. The predicted molar refractivity (Wildman–Crippen MR) is 93.2 cm³/mol. The third kappa shape index (κ3) is 2.78. The molecule has 3 aromatic rings. The van der Waals surface area contributed by atoms with Crippen molar-refractivity contribution < 1.29 is 4.74 Å². The molecule has 0 bridgehead atoms. The van der Waals surface area contributed by atoms with Gasteiger partial charge in [-0.25, -0.2) is 15.0 Å². The van der Waals surface area contributed by atoms with E-state index < -0.39 is 0 Å². The van der Waals surface area contributed by atoms with Crippen LogP contribution < -0.4 is 9.64 Å². The van der Waals surface area contributed by atoms with Gasteiger partial charge in [0.1, 0.15) is 10.9 Å². The van der Waals surface area contributed by atoms with Crippen LogP contribution in [-0.2, 0) is 13.1 Å². The maximum absolute atomic E-state index is 5.97. The lowest BCUT2D eigenvalue weighted by molar-refractivity contribution is 0.414. The minimum atomic E-state index is 0.452. The van der Waals surface area contributed by atoms with E-state index in [9.17, 15) is 0 Å². The largest absolute Gasteiger partial charge is 0.497 e. The highest BCUT2D eigenvalue weighted by atomic mass is 35.5. The van der Waals surface area contributed by atoms with Gasteiger partial charge in [0.15, 0.2) is 0 Å². The van der Waals surface area contributed by atoms with Gasteiger partial charge in [0.2, 0.25) is 5.95 Å². The van der Waals surface area contributed by atoms with Gasteiger partial charge in [-0.15, -0.1) is 0 Å². The second-order valence-corrected chi connectivity index (χ2v) is 5.97. The summed E-state index contributed by atoms with van der Waals surface area (Å²) < 4.78 is 5.30. The topological polar surface area (TPSA) is 51.1 Å². The third-order valence-electron chi connectivity index (χ3n) is 4.04. The first kappa shape index (κ1) is 14.9. The molecule has 5 nitrogen and oxygen atoms in total. The quantitative estimate of drug-likeness (QED) is 0.681. The van der Waals surface area contributed by atoms with E-state index in [1.54, 1.807) is 19.4 Å². The Morgan fingerprint density at radius 2 is 1.83 bits per heavy atom. The molecule has 0 aliphatic carbocycles. The first-order valence-corrected chi connectivity index (χ1v) is 7.97. The molecule has 0 saturated carbocycles. The summed E-state index contributed by atoms with van der Waals surface area (Å²) >= 11 is 5.97. The van der Waals surface area contributed by atoms with Gasteiger partial charge in [-0.3, -0.25) is 0 Å². The Kier molecular flexibility index (Phi) is 3.78. The van der Waals surface area contributed by atoms with Gasteiger partial charge in [-0.2, -0.15) is 0 Å². The van der Waals surface area contributed by atoms with Crippen molar-refractivity contribution in [3.8, 4) is 17.1 Å². The lowest BCUT2D eigenvalue weighted by atomic mass is 10.1. The van der Waals surface area contributed by atoms with Crippen LogP contribution in [0.1, 0.15) is 11.1 Å². The summed E-state index contributed by atoms with van der Waals surface area (Å²) in [5.74, 6) is 1.55. The second-order valence-electron chi connectivity index (χ2n) is 5.58. The molecule has 0 unspecified atom stereocenters. The van der Waals surface area contributed by atoms with Gasteiger partial charge in [0, 0.05) is 19.3 Å². The van der Waals surface area contributed by atoms with Crippen LogP contribution in [0.25, 0.3) is 11.4 Å². The molecular weight excluding hydrogens is 324 g/mol. The summed E-state index contributed by atoms with van der Waals surface area (Å²) in [7, 11) is 1.68. The zero-order chi connectivity index (χ0) is 16.5. The summed E-state index contributed by atoms with van der Waals surface area (Å²) in [4.78, 5) is 15.5. The Hall–Kier alpha value is -2.66. The first-order chi connectivity index (χ1) is 11.7. The molecule has 0 saturated heterocycles. The fraction of sp³-hybridized carbons (Fsp3) is 0.167. The van der Waals surface area contributed by atoms with Crippen LogP contribution >= 0.6 is 11.6 Å². The normalized spacial score (nSPS) is 13.0. The van der Waals surface area contributed by atoms with Crippen LogP contribution in [0.3, 0.4) is 0 Å². The van der Waals surface area contributed by atoms with Crippen molar-refractivity contribution in [1.82, 2.24) is 15.0 Å². The van der Waals surface area contributed by atoms with E-state index >= 15 is 0 Å². The maximum Gasteiger partial charge on any atom is 0.226 e. The Bertz CT molecular complexity index is 900. The number of rotatable bonds is 3. The summed E-state index contributed by atoms with van der Waals surface area (Å²) in [6.07, 6.45) is 1.75. The van der Waals surface area contributed by atoms with Crippen LogP contribution in [0.2, 0.25) is 5.15 Å². The van der Waals surface area contributed by atoms with Crippen molar-refractivity contribution in [1.29, 1.82) is 0 Å². The van der Waals surface area contributed by atoms with Gasteiger partial charge < -0.3 is 9.64 Å². The molecule has 0 radical (unpaired) electrons. The van der Waals surface area contributed by atoms with Gasteiger partial charge in [0.25, 0.3) is 0 Å².